The molecule has 2 N–H and O–H groups in total. The number of nitrogens with one attached hydrogen (secondary N) is 1. The maximum absolute atomic E-state index is 10.5. The van der Waals surface area contributed by atoms with Crippen LogP contribution in [-0.4, -0.2) is 33.4 Å². The van der Waals surface area contributed by atoms with Gasteiger partial charge in [-0.05, 0) is 56.2 Å². The maximum Gasteiger partial charge on any atom is 0.341 e. The Morgan fingerprint density at radius 2 is 2.00 bits per heavy atom. The molecular weight excluding hydrogens is 352 g/mol. The van der Waals surface area contributed by atoms with E-state index in [-0.39, 0.29) is 6.61 Å². The van der Waals surface area contributed by atoms with Crippen molar-refractivity contribution >= 4 is 39.1 Å². The highest BCUT2D eigenvalue weighted by Crippen LogP contribution is 2.32. The number of carboxylic acids is 1. The van der Waals surface area contributed by atoms with Crippen LogP contribution in [0.2, 0.25) is 0 Å². The van der Waals surface area contributed by atoms with Crippen LogP contribution in [0, 0.1) is 13.8 Å². The van der Waals surface area contributed by atoms with Crippen LogP contribution in [0.4, 0.5) is 5.82 Å². The summed E-state index contributed by atoms with van der Waals surface area (Å²) in [5.41, 5.74) is 5.84. The number of aryl methyl sites for hydroxylation is 2. The van der Waals surface area contributed by atoms with Crippen LogP contribution in [0.15, 0.2) is 35.7 Å². The van der Waals surface area contributed by atoms with Gasteiger partial charge in [0.05, 0.1) is 11.1 Å². The summed E-state index contributed by atoms with van der Waals surface area (Å²) >= 11 is 1.64. The van der Waals surface area contributed by atoms with E-state index in [1.165, 1.54) is 11.2 Å². The molecule has 0 saturated carbocycles. The fourth-order valence-electron chi connectivity index (χ4n) is 2.41. The van der Waals surface area contributed by atoms with Crippen molar-refractivity contribution in [1.82, 2.24) is 9.97 Å². The number of carboxylic acid groups (broad SMARTS) is 1. The number of rotatable bonds is 6. The van der Waals surface area contributed by atoms with E-state index >= 15 is 0 Å². The summed E-state index contributed by atoms with van der Waals surface area (Å²) in [6, 6.07) is 7.08. The van der Waals surface area contributed by atoms with E-state index < -0.39 is 5.97 Å². The quantitative estimate of drug-likeness (QED) is 0.508. The summed E-state index contributed by atoms with van der Waals surface area (Å²) in [6.45, 7) is 5.63. The number of hydrogen-bond donors (Lipinski definition) is 2. The van der Waals surface area contributed by atoms with Crippen molar-refractivity contribution < 1.29 is 14.6 Å². The number of anilines is 1. The molecule has 0 fully saturated rings. The topological polar surface area (TPSA) is 96.7 Å². The lowest BCUT2D eigenvalue weighted by Gasteiger charge is -2.06. The van der Waals surface area contributed by atoms with Gasteiger partial charge in [0.15, 0.2) is 12.4 Å². The molecule has 26 heavy (non-hydrogen) atoms. The number of benzene rings is 1. The average Bonchev–Trinajstić information content (AvgIpc) is 2.93. The van der Waals surface area contributed by atoms with E-state index in [4.69, 9.17) is 9.84 Å². The van der Waals surface area contributed by atoms with E-state index in [1.54, 1.807) is 23.5 Å². The zero-order valence-electron chi connectivity index (χ0n) is 14.6. The van der Waals surface area contributed by atoms with Crippen molar-refractivity contribution in [3.05, 3.63) is 46.6 Å². The summed E-state index contributed by atoms with van der Waals surface area (Å²) in [7, 11) is 0. The molecule has 3 rings (SSSR count). The van der Waals surface area contributed by atoms with Gasteiger partial charge in [0, 0.05) is 4.88 Å². The van der Waals surface area contributed by atoms with Gasteiger partial charge in [-0.25, -0.2) is 14.8 Å². The molecule has 0 aliphatic heterocycles. The van der Waals surface area contributed by atoms with Crippen LogP contribution in [-0.2, 0) is 4.79 Å². The number of aromatic nitrogens is 2. The van der Waals surface area contributed by atoms with Crippen LogP contribution in [0.25, 0.3) is 10.2 Å². The molecule has 0 aliphatic carbocycles. The van der Waals surface area contributed by atoms with Gasteiger partial charge in [0.25, 0.3) is 0 Å². The van der Waals surface area contributed by atoms with Crippen molar-refractivity contribution in [3.8, 4) is 5.75 Å². The van der Waals surface area contributed by atoms with Gasteiger partial charge in [-0.3, -0.25) is 5.43 Å². The zero-order valence-corrected chi connectivity index (χ0v) is 15.4. The SMILES string of the molecule is C/C(=N/Nc1ncnc2sc(C)c(C)c12)c1ccc(OCC(=O)O)cc1. The lowest BCUT2D eigenvalue weighted by molar-refractivity contribution is -0.139. The van der Waals surface area contributed by atoms with E-state index in [1.807, 2.05) is 19.1 Å². The van der Waals surface area contributed by atoms with Gasteiger partial charge < -0.3 is 9.84 Å². The van der Waals surface area contributed by atoms with Crippen molar-refractivity contribution in [2.45, 2.75) is 20.8 Å². The predicted octanol–water partition coefficient (Wildman–Crippen LogP) is 3.61. The van der Waals surface area contributed by atoms with Crippen LogP contribution >= 0.6 is 11.3 Å². The molecule has 2 heterocycles. The Labute approximate surface area is 154 Å². The number of aliphatic carboxylic acids is 1. The van der Waals surface area contributed by atoms with Crippen molar-refractivity contribution in [2.24, 2.45) is 5.10 Å². The third kappa shape index (κ3) is 3.80. The number of hydrazone groups is 1. The van der Waals surface area contributed by atoms with Crippen LogP contribution in [0.3, 0.4) is 0 Å². The van der Waals surface area contributed by atoms with Crippen molar-refractivity contribution in [1.29, 1.82) is 0 Å². The first-order valence-electron chi connectivity index (χ1n) is 7.91. The molecule has 0 saturated heterocycles. The largest absolute Gasteiger partial charge is 0.482 e. The molecule has 2 aromatic heterocycles. The highest BCUT2D eigenvalue weighted by Gasteiger charge is 2.11. The van der Waals surface area contributed by atoms with Gasteiger partial charge in [-0.2, -0.15) is 5.10 Å². The summed E-state index contributed by atoms with van der Waals surface area (Å²) < 4.78 is 5.12. The molecule has 3 aromatic rings. The number of nitrogens with zero attached hydrogens (tertiary/aromatic N) is 3. The number of ether oxygens (including phenoxy) is 1. The second-order valence-electron chi connectivity index (χ2n) is 5.70. The van der Waals surface area contributed by atoms with Crippen LogP contribution in [0.5, 0.6) is 5.75 Å². The minimum absolute atomic E-state index is 0.364. The van der Waals surface area contributed by atoms with Gasteiger partial charge in [-0.1, -0.05) is 0 Å². The summed E-state index contributed by atoms with van der Waals surface area (Å²) in [6.07, 6.45) is 1.53. The molecule has 134 valence electrons. The third-order valence-electron chi connectivity index (χ3n) is 3.93. The number of hydrogen-bond acceptors (Lipinski definition) is 7. The minimum atomic E-state index is -1.01. The summed E-state index contributed by atoms with van der Waals surface area (Å²) in [5, 5.41) is 14.0. The molecule has 0 unspecified atom stereocenters. The van der Waals surface area contributed by atoms with Crippen molar-refractivity contribution in [3.63, 3.8) is 0 Å². The highest BCUT2D eigenvalue weighted by atomic mass is 32.1. The lowest BCUT2D eigenvalue weighted by Crippen LogP contribution is -2.09. The normalized spacial score (nSPS) is 11.6. The molecule has 8 heteroatoms. The Kier molecular flexibility index (Phi) is 5.13. The first kappa shape index (κ1) is 17.8. The summed E-state index contributed by atoms with van der Waals surface area (Å²) in [5.74, 6) is 0.169. The Hall–Kier alpha value is -3.00. The lowest BCUT2D eigenvalue weighted by atomic mass is 10.1. The fourth-order valence-corrected chi connectivity index (χ4v) is 3.40. The second kappa shape index (κ2) is 7.49. The summed E-state index contributed by atoms with van der Waals surface area (Å²) in [4.78, 5) is 21.3. The van der Waals surface area contributed by atoms with E-state index in [0.29, 0.717) is 11.6 Å². The molecule has 0 aliphatic rings. The van der Waals surface area contributed by atoms with Crippen LogP contribution in [0.1, 0.15) is 22.9 Å². The van der Waals surface area contributed by atoms with Crippen LogP contribution < -0.4 is 10.2 Å². The number of thiophene rings is 1. The van der Waals surface area contributed by atoms with Gasteiger partial charge in [0.2, 0.25) is 0 Å². The maximum atomic E-state index is 10.5. The Bertz CT molecular complexity index is 980. The Morgan fingerprint density at radius 1 is 1.27 bits per heavy atom. The van der Waals surface area contributed by atoms with E-state index in [0.717, 1.165) is 27.1 Å². The Balaban J connectivity index is 1.77. The molecule has 0 spiro atoms. The predicted molar refractivity (Wildman–Crippen MR) is 102 cm³/mol. The third-order valence-corrected chi connectivity index (χ3v) is 5.04. The average molecular weight is 370 g/mol. The first-order chi connectivity index (χ1) is 12.5. The van der Waals surface area contributed by atoms with Gasteiger partial charge in [0.1, 0.15) is 16.9 Å². The van der Waals surface area contributed by atoms with Crippen molar-refractivity contribution in [2.75, 3.05) is 12.0 Å². The van der Waals surface area contributed by atoms with Gasteiger partial charge >= 0.3 is 5.97 Å². The highest BCUT2D eigenvalue weighted by molar-refractivity contribution is 7.18. The monoisotopic (exact) mass is 370 g/mol. The molecule has 1 aromatic carbocycles. The molecule has 0 amide bonds. The molecule has 0 bridgehead atoms. The van der Waals surface area contributed by atoms with Gasteiger partial charge in [-0.15, -0.1) is 11.3 Å². The van der Waals surface area contributed by atoms with E-state index in [2.05, 4.69) is 34.3 Å². The standard InChI is InChI=1S/C18H18N4O3S/c1-10-12(3)26-18-16(10)17(19-9-20-18)22-21-11(2)13-4-6-14(7-5-13)25-8-15(23)24/h4-7,9H,8H2,1-3H3,(H,23,24)(H,19,20,22)/b21-11-. The zero-order chi connectivity index (χ0) is 18.7. The first-order valence-corrected chi connectivity index (χ1v) is 8.73. The smallest absolute Gasteiger partial charge is 0.341 e. The second-order valence-corrected chi connectivity index (χ2v) is 6.90. The van der Waals surface area contributed by atoms with E-state index in [9.17, 15) is 4.79 Å². The molecule has 0 atom stereocenters. The minimum Gasteiger partial charge on any atom is -0.482 e. The molecule has 7 nitrogen and oxygen atoms in total. The Morgan fingerprint density at radius 3 is 2.69 bits per heavy atom. The fraction of sp³-hybridized carbons (Fsp3) is 0.222. The molecule has 0 radical (unpaired) electrons. The number of carbonyl (C=O) groups is 1. The molecular formula is C18H18N4O3S. The number of fused-ring (bicyclic) bond motifs is 1.